The molecular weight excluding hydrogens is 195 g/mol. The van der Waals surface area contributed by atoms with Crippen molar-refractivity contribution in [3.8, 4) is 6.07 Å². The summed E-state index contributed by atoms with van der Waals surface area (Å²) in [5, 5.41) is 8.20. The zero-order valence-corrected chi connectivity index (χ0v) is 6.80. The van der Waals surface area contributed by atoms with Crippen LogP contribution in [0.5, 0.6) is 0 Å². The highest BCUT2D eigenvalue weighted by Crippen LogP contribution is 2.29. The third kappa shape index (κ3) is 2.10. The van der Waals surface area contributed by atoms with Gasteiger partial charge in [0.25, 0.3) is 5.78 Å². The molecule has 0 amide bonds. The van der Waals surface area contributed by atoms with E-state index in [-0.39, 0.29) is 5.56 Å². The van der Waals surface area contributed by atoms with Gasteiger partial charge in [0.15, 0.2) is 0 Å². The Labute approximate surface area is 77.6 Å². The van der Waals surface area contributed by atoms with E-state index in [4.69, 9.17) is 5.26 Å². The number of nitrogens with zero attached hydrogens (tertiary/aromatic N) is 1. The van der Waals surface area contributed by atoms with Gasteiger partial charge in [-0.15, -0.1) is 0 Å². The molecule has 0 saturated heterocycles. The molecule has 0 saturated carbocycles. The Hall–Kier alpha value is -1.83. The standard InChI is InChI=1S/C9H4F3NO/c10-9(11,12)7-3-1-2-6(4-7)8(14)5-13/h1-4H. The van der Waals surface area contributed by atoms with E-state index in [9.17, 15) is 18.0 Å². The number of rotatable bonds is 1. The minimum atomic E-state index is -4.49. The van der Waals surface area contributed by atoms with Crippen molar-refractivity contribution in [3.63, 3.8) is 0 Å². The summed E-state index contributed by atoms with van der Waals surface area (Å²) >= 11 is 0. The first-order valence-corrected chi connectivity index (χ1v) is 3.57. The zero-order valence-electron chi connectivity index (χ0n) is 6.80. The highest BCUT2D eigenvalue weighted by molar-refractivity contribution is 6.07. The first-order chi connectivity index (χ1) is 6.45. The monoisotopic (exact) mass is 199 g/mol. The number of ketones is 1. The van der Waals surface area contributed by atoms with Crippen molar-refractivity contribution in [1.82, 2.24) is 0 Å². The molecule has 0 unspecified atom stereocenters. The number of alkyl halides is 3. The third-order valence-corrected chi connectivity index (χ3v) is 1.55. The van der Waals surface area contributed by atoms with Crippen molar-refractivity contribution < 1.29 is 18.0 Å². The lowest BCUT2D eigenvalue weighted by Gasteiger charge is -2.06. The lowest BCUT2D eigenvalue weighted by molar-refractivity contribution is -0.137. The normalized spacial score (nSPS) is 10.7. The van der Waals surface area contributed by atoms with Crippen molar-refractivity contribution >= 4 is 5.78 Å². The minimum Gasteiger partial charge on any atom is -0.277 e. The average molecular weight is 199 g/mol. The lowest BCUT2D eigenvalue weighted by atomic mass is 10.1. The summed E-state index contributed by atoms with van der Waals surface area (Å²) in [5.74, 6) is -0.976. The van der Waals surface area contributed by atoms with Gasteiger partial charge in [-0.25, -0.2) is 0 Å². The molecule has 0 aliphatic carbocycles. The summed E-state index contributed by atoms with van der Waals surface area (Å²) < 4.78 is 36.4. The quantitative estimate of drug-likeness (QED) is 0.514. The predicted octanol–water partition coefficient (Wildman–Crippen LogP) is 2.41. The molecular formula is C9H4F3NO. The fraction of sp³-hybridized carbons (Fsp3) is 0.111. The summed E-state index contributed by atoms with van der Waals surface area (Å²) in [6, 6.07) is 5.01. The molecule has 0 radical (unpaired) electrons. The fourth-order valence-corrected chi connectivity index (χ4v) is 0.901. The molecule has 0 aromatic heterocycles. The number of hydrogen-bond acceptors (Lipinski definition) is 2. The second-order valence-corrected chi connectivity index (χ2v) is 2.52. The van der Waals surface area contributed by atoms with Gasteiger partial charge in [0.2, 0.25) is 0 Å². The summed E-state index contributed by atoms with van der Waals surface area (Å²) in [6.07, 6.45) is -4.49. The van der Waals surface area contributed by atoms with Crippen molar-refractivity contribution in [1.29, 1.82) is 5.26 Å². The van der Waals surface area contributed by atoms with Gasteiger partial charge in [-0.2, -0.15) is 18.4 Å². The maximum Gasteiger partial charge on any atom is 0.416 e. The van der Waals surface area contributed by atoms with Crippen molar-refractivity contribution in [2.75, 3.05) is 0 Å². The number of benzene rings is 1. The molecule has 0 aliphatic heterocycles. The molecule has 0 bridgehead atoms. The number of nitriles is 1. The Bertz CT molecular complexity index is 403. The number of carbonyl (C=O) groups is 1. The Morgan fingerprint density at radius 2 is 2.00 bits per heavy atom. The molecule has 2 nitrogen and oxygen atoms in total. The van der Waals surface area contributed by atoms with Crippen LogP contribution in [0.3, 0.4) is 0 Å². The molecule has 1 rings (SSSR count). The van der Waals surface area contributed by atoms with Crippen molar-refractivity contribution in [3.05, 3.63) is 35.4 Å². The molecule has 0 N–H and O–H groups in total. The Morgan fingerprint density at radius 1 is 1.36 bits per heavy atom. The zero-order chi connectivity index (χ0) is 10.8. The average Bonchev–Trinajstić information content (AvgIpc) is 2.15. The first-order valence-electron chi connectivity index (χ1n) is 3.57. The molecule has 5 heteroatoms. The summed E-state index contributed by atoms with van der Waals surface area (Å²) in [6.45, 7) is 0. The van der Waals surface area contributed by atoms with Crippen LogP contribution < -0.4 is 0 Å². The van der Waals surface area contributed by atoms with Crippen LogP contribution in [0.4, 0.5) is 13.2 Å². The Morgan fingerprint density at radius 3 is 2.50 bits per heavy atom. The molecule has 72 valence electrons. The van der Waals surface area contributed by atoms with E-state index in [0.717, 1.165) is 12.1 Å². The highest BCUT2D eigenvalue weighted by atomic mass is 19.4. The molecule has 0 fully saturated rings. The van der Waals surface area contributed by atoms with Gasteiger partial charge >= 0.3 is 6.18 Å². The van der Waals surface area contributed by atoms with E-state index in [1.54, 1.807) is 0 Å². The van der Waals surface area contributed by atoms with Crippen LogP contribution in [0, 0.1) is 11.3 Å². The second-order valence-electron chi connectivity index (χ2n) is 2.52. The summed E-state index contributed by atoms with van der Waals surface area (Å²) in [7, 11) is 0. The largest absolute Gasteiger partial charge is 0.416 e. The smallest absolute Gasteiger partial charge is 0.277 e. The minimum absolute atomic E-state index is 0.248. The Kier molecular flexibility index (Phi) is 2.56. The Balaban J connectivity index is 3.16. The molecule has 14 heavy (non-hydrogen) atoms. The SMILES string of the molecule is N#CC(=O)c1cccc(C(F)(F)F)c1. The molecule has 0 heterocycles. The highest BCUT2D eigenvalue weighted by Gasteiger charge is 2.30. The van der Waals surface area contributed by atoms with E-state index in [1.807, 2.05) is 0 Å². The van der Waals surface area contributed by atoms with E-state index < -0.39 is 17.5 Å². The molecule has 1 aromatic carbocycles. The van der Waals surface area contributed by atoms with E-state index in [0.29, 0.717) is 6.07 Å². The number of carbonyl (C=O) groups excluding carboxylic acids is 1. The van der Waals surface area contributed by atoms with Gasteiger partial charge in [-0.3, -0.25) is 4.79 Å². The van der Waals surface area contributed by atoms with Crippen LogP contribution in [0.15, 0.2) is 24.3 Å². The molecule has 0 spiro atoms. The van der Waals surface area contributed by atoms with E-state index in [2.05, 4.69) is 0 Å². The number of halogens is 3. The molecule has 1 aromatic rings. The van der Waals surface area contributed by atoms with E-state index >= 15 is 0 Å². The van der Waals surface area contributed by atoms with Gasteiger partial charge < -0.3 is 0 Å². The van der Waals surface area contributed by atoms with Gasteiger partial charge in [-0.1, -0.05) is 12.1 Å². The van der Waals surface area contributed by atoms with Crippen molar-refractivity contribution in [2.24, 2.45) is 0 Å². The van der Waals surface area contributed by atoms with Crippen LogP contribution >= 0.6 is 0 Å². The first kappa shape index (κ1) is 10.3. The van der Waals surface area contributed by atoms with E-state index in [1.165, 1.54) is 12.1 Å². The number of hydrogen-bond donors (Lipinski definition) is 0. The maximum absolute atomic E-state index is 12.1. The van der Waals surface area contributed by atoms with Gasteiger partial charge in [0.1, 0.15) is 6.07 Å². The fourth-order valence-electron chi connectivity index (χ4n) is 0.901. The maximum atomic E-state index is 12.1. The van der Waals surface area contributed by atoms with Crippen molar-refractivity contribution in [2.45, 2.75) is 6.18 Å². The predicted molar refractivity (Wildman–Crippen MR) is 41.4 cm³/mol. The lowest BCUT2D eigenvalue weighted by Crippen LogP contribution is -2.06. The van der Waals surface area contributed by atoms with Crippen LogP contribution in [0.25, 0.3) is 0 Å². The summed E-state index contributed by atoms with van der Waals surface area (Å²) in [5.41, 5.74) is -1.18. The van der Waals surface area contributed by atoms with Gasteiger partial charge in [-0.05, 0) is 12.1 Å². The topological polar surface area (TPSA) is 40.9 Å². The van der Waals surface area contributed by atoms with Crippen LogP contribution in [-0.2, 0) is 6.18 Å². The molecule has 0 aliphatic rings. The molecule has 0 atom stereocenters. The second kappa shape index (κ2) is 3.50. The van der Waals surface area contributed by atoms with Gasteiger partial charge in [0.05, 0.1) is 5.56 Å². The van der Waals surface area contributed by atoms with Crippen LogP contribution in [0.1, 0.15) is 15.9 Å². The summed E-state index contributed by atoms with van der Waals surface area (Å²) in [4.78, 5) is 10.8. The van der Waals surface area contributed by atoms with Crippen LogP contribution in [0.2, 0.25) is 0 Å². The van der Waals surface area contributed by atoms with Gasteiger partial charge in [0, 0.05) is 5.56 Å². The third-order valence-electron chi connectivity index (χ3n) is 1.55. The van der Waals surface area contributed by atoms with Crippen LogP contribution in [-0.4, -0.2) is 5.78 Å². The number of Topliss-reactive ketones (excluding diaryl/α,β-unsaturated/α-hetero) is 1.